The summed E-state index contributed by atoms with van der Waals surface area (Å²) in [5.41, 5.74) is 0.279. The third kappa shape index (κ3) is 5.10. The fourth-order valence-corrected chi connectivity index (χ4v) is 2.91. The van der Waals surface area contributed by atoms with Gasteiger partial charge in [0.25, 0.3) is 0 Å². The van der Waals surface area contributed by atoms with Crippen LogP contribution in [0.15, 0.2) is 42.5 Å². The van der Waals surface area contributed by atoms with E-state index in [9.17, 15) is 22.4 Å². The van der Waals surface area contributed by atoms with Gasteiger partial charge in [-0.15, -0.1) is 5.10 Å². The molecule has 1 amide bonds. The van der Waals surface area contributed by atoms with Gasteiger partial charge in [0.15, 0.2) is 0 Å². The molecule has 3 rings (SSSR count). The Bertz CT molecular complexity index is 1030. The van der Waals surface area contributed by atoms with E-state index in [0.29, 0.717) is 11.4 Å². The first-order chi connectivity index (χ1) is 14.3. The summed E-state index contributed by atoms with van der Waals surface area (Å²) in [5.74, 6) is -1.94. The molecule has 0 aliphatic rings. The number of hydrogen-bond acceptors (Lipinski definition) is 5. The van der Waals surface area contributed by atoms with Crippen molar-refractivity contribution in [1.29, 1.82) is 0 Å². The third-order valence-electron chi connectivity index (χ3n) is 4.30. The number of benzene rings is 2. The number of nitrogens with one attached hydrogen (secondary N) is 1. The van der Waals surface area contributed by atoms with E-state index in [0.717, 1.165) is 6.07 Å². The Kier molecular flexibility index (Phi) is 6.60. The molecule has 0 radical (unpaired) electrons. The molecule has 1 atom stereocenters. The summed E-state index contributed by atoms with van der Waals surface area (Å²) in [6.45, 7) is -1.98. The number of aryl methyl sites for hydroxylation is 1. The summed E-state index contributed by atoms with van der Waals surface area (Å²) in [5, 5.41) is 13.5. The van der Waals surface area contributed by atoms with Crippen molar-refractivity contribution in [3.8, 4) is 5.75 Å². The van der Waals surface area contributed by atoms with Gasteiger partial charge in [-0.3, -0.25) is 4.79 Å². The molecule has 11 heteroatoms. The van der Waals surface area contributed by atoms with Crippen LogP contribution in [0.25, 0.3) is 0 Å². The second kappa shape index (κ2) is 9.33. The summed E-state index contributed by atoms with van der Waals surface area (Å²) in [6, 6.07) is 8.15. The van der Waals surface area contributed by atoms with Crippen LogP contribution in [0.2, 0.25) is 0 Å². The fourth-order valence-electron chi connectivity index (χ4n) is 2.91. The number of aromatic nitrogens is 4. The predicted molar refractivity (Wildman–Crippen MR) is 96.6 cm³/mol. The van der Waals surface area contributed by atoms with Gasteiger partial charge in [0, 0.05) is 18.5 Å². The lowest BCUT2D eigenvalue weighted by Gasteiger charge is -2.18. The number of hydrogen-bond donors (Lipinski definition) is 1. The van der Waals surface area contributed by atoms with E-state index < -0.39 is 36.7 Å². The minimum atomic E-state index is -3.15. The van der Waals surface area contributed by atoms with Crippen molar-refractivity contribution in [3.63, 3.8) is 0 Å². The van der Waals surface area contributed by atoms with Gasteiger partial charge in [0.2, 0.25) is 5.91 Å². The van der Waals surface area contributed by atoms with Crippen LogP contribution in [0, 0.1) is 18.6 Å². The van der Waals surface area contributed by atoms with Crippen LogP contribution in [0.4, 0.5) is 17.6 Å². The minimum absolute atomic E-state index is 0.0487. The lowest BCUT2D eigenvalue weighted by atomic mass is 10.0. The van der Waals surface area contributed by atoms with Crippen molar-refractivity contribution in [2.24, 2.45) is 0 Å². The van der Waals surface area contributed by atoms with E-state index >= 15 is 0 Å². The zero-order chi connectivity index (χ0) is 21.7. The molecule has 0 aliphatic carbocycles. The number of rotatable bonds is 8. The number of amides is 1. The highest BCUT2D eigenvalue weighted by Crippen LogP contribution is 2.24. The molecule has 1 heterocycles. The second-order valence-corrected chi connectivity index (χ2v) is 6.33. The Morgan fingerprint density at radius 1 is 1.20 bits per heavy atom. The van der Waals surface area contributed by atoms with Crippen LogP contribution in [0.1, 0.15) is 23.0 Å². The highest BCUT2D eigenvalue weighted by atomic mass is 19.3. The lowest BCUT2D eigenvalue weighted by molar-refractivity contribution is -0.124. The summed E-state index contributed by atoms with van der Waals surface area (Å²) in [7, 11) is 0. The lowest BCUT2D eigenvalue weighted by Crippen LogP contribution is -2.35. The van der Waals surface area contributed by atoms with Crippen LogP contribution < -0.4 is 10.1 Å². The zero-order valence-electron chi connectivity index (χ0n) is 15.7. The highest BCUT2D eigenvalue weighted by Gasteiger charge is 2.25. The molecular weight excluding hydrogens is 406 g/mol. The number of halogens is 4. The Morgan fingerprint density at radius 3 is 2.63 bits per heavy atom. The first-order valence-corrected chi connectivity index (χ1v) is 8.84. The number of ether oxygens (including phenoxy) is 1. The Labute approximate surface area is 168 Å². The Hall–Kier alpha value is -3.50. The van der Waals surface area contributed by atoms with Crippen molar-refractivity contribution < 1.29 is 27.1 Å². The van der Waals surface area contributed by atoms with E-state index in [1.807, 2.05) is 0 Å². The number of alkyl halides is 2. The third-order valence-corrected chi connectivity index (χ3v) is 4.30. The molecule has 1 N–H and O–H groups in total. The van der Waals surface area contributed by atoms with Crippen LogP contribution in [-0.4, -0.2) is 32.7 Å². The van der Waals surface area contributed by atoms with E-state index in [1.165, 1.54) is 35.0 Å². The predicted octanol–water partition coefficient (Wildman–Crippen LogP) is 2.96. The zero-order valence-corrected chi connectivity index (χ0v) is 15.7. The molecule has 30 heavy (non-hydrogen) atoms. The van der Waals surface area contributed by atoms with E-state index in [1.54, 1.807) is 13.0 Å². The molecular formula is C19H17F4N5O2. The van der Waals surface area contributed by atoms with Crippen LogP contribution >= 0.6 is 0 Å². The first-order valence-electron chi connectivity index (χ1n) is 8.84. The molecule has 7 nitrogen and oxygen atoms in total. The Balaban J connectivity index is 1.82. The molecule has 0 bridgehead atoms. The van der Waals surface area contributed by atoms with Crippen molar-refractivity contribution in [3.05, 3.63) is 71.1 Å². The van der Waals surface area contributed by atoms with Crippen molar-refractivity contribution in [2.75, 3.05) is 0 Å². The smallest absolute Gasteiger partial charge is 0.387 e. The topological polar surface area (TPSA) is 81.9 Å². The summed E-state index contributed by atoms with van der Waals surface area (Å²) in [6.07, 6.45) is 0.0487. The molecule has 0 aliphatic heterocycles. The van der Waals surface area contributed by atoms with E-state index in [4.69, 9.17) is 0 Å². The minimum Gasteiger partial charge on any atom is -0.434 e. The van der Waals surface area contributed by atoms with Crippen LogP contribution in [0.3, 0.4) is 0 Å². The van der Waals surface area contributed by atoms with Crippen LogP contribution in [-0.2, 0) is 17.8 Å². The van der Waals surface area contributed by atoms with Gasteiger partial charge in [-0.05, 0) is 47.2 Å². The highest BCUT2D eigenvalue weighted by molar-refractivity contribution is 5.80. The van der Waals surface area contributed by atoms with Gasteiger partial charge >= 0.3 is 6.61 Å². The monoisotopic (exact) mass is 423 g/mol. The Morgan fingerprint density at radius 2 is 1.97 bits per heavy atom. The maximum atomic E-state index is 14.1. The molecule has 2 aromatic carbocycles. The van der Waals surface area contributed by atoms with Gasteiger partial charge in [-0.25, -0.2) is 13.5 Å². The SMILES string of the molecule is Cc1nnnn1C(Cc1cccc(F)c1)C(=O)NCc1c(F)cccc1OC(F)F. The van der Waals surface area contributed by atoms with Crippen LogP contribution in [0.5, 0.6) is 5.75 Å². The van der Waals surface area contributed by atoms with Gasteiger partial charge in [0.1, 0.15) is 29.3 Å². The van der Waals surface area contributed by atoms with E-state index in [-0.39, 0.29) is 17.7 Å². The molecule has 3 aromatic rings. The van der Waals surface area contributed by atoms with Gasteiger partial charge in [-0.2, -0.15) is 8.78 Å². The average molecular weight is 423 g/mol. The summed E-state index contributed by atoms with van der Waals surface area (Å²) >= 11 is 0. The van der Waals surface area contributed by atoms with Gasteiger partial charge < -0.3 is 10.1 Å². The van der Waals surface area contributed by atoms with Crippen molar-refractivity contribution in [2.45, 2.75) is 32.5 Å². The standard InChI is InChI=1S/C19H17F4N5O2/c1-11-25-26-27-28(11)16(9-12-4-2-5-13(20)8-12)18(29)24-10-14-15(21)6-3-7-17(14)30-19(22)23/h2-8,16,19H,9-10H2,1H3,(H,24,29). The number of carbonyl (C=O) groups is 1. The second-order valence-electron chi connectivity index (χ2n) is 6.33. The number of tetrazole rings is 1. The molecule has 0 saturated heterocycles. The number of carbonyl (C=O) groups excluding carboxylic acids is 1. The summed E-state index contributed by atoms with van der Waals surface area (Å²) in [4.78, 5) is 12.9. The normalized spacial score (nSPS) is 12.1. The quantitative estimate of drug-likeness (QED) is 0.564. The number of nitrogens with zero attached hydrogens (tertiary/aromatic N) is 4. The summed E-state index contributed by atoms with van der Waals surface area (Å²) < 4.78 is 58.4. The van der Waals surface area contributed by atoms with E-state index in [2.05, 4.69) is 25.6 Å². The van der Waals surface area contributed by atoms with Crippen molar-refractivity contribution >= 4 is 5.91 Å². The largest absolute Gasteiger partial charge is 0.434 e. The molecule has 0 saturated carbocycles. The van der Waals surface area contributed by atoms with Crippen molar-refractivity contribution in [1.82, 2.24) is 25.5 Å². The fraction of sp³-hybridized carbons (Fsp3) is 0.263. The van der Waals surface area contributed by atoms with Gasteiger partial charge in [-0.1, -0.05) is 18.2 Å². The van der Waals surface area contributed by atoms with Gasteiger partial charge in [0.05, 0.1) is 0 Å². The molecule has 158 valence electrons. The molecule has 0 fully saturated rings. The maximum absolute atomic E-state index is 14.1. The molecule has 1 aromatic heterocycles. The average Bonchev–Trinajstić information content (AvgIpc) is 3.10. The first kappa shape index (κ1) is 21.2. The maximum Gasteiger partial charge on any atom is 0.387 e. The molecule has 0 spiro atoms. The molecule has 1 unspecified atom stereocenters.